The molecule has 0 amide bonds. The fourth-order valence-corrected chi connectivity index (χ4v) is 2.28. The molecule has 2 aromatic heterocycles. The van der Waals surface area contributed by atoms with Crippen molar-refractivity contribution in [2.24, 2.45) is 0 Å². The van der Waals surface area contributed by atoms with E-state index in [1.54, 1.807) is 6.92 Å². The molecule has 0 fully saturated rings. The first-order valence-electron chi connectivity index (χ1n) is 7.01. The Labute approximate surface area is 122 Å². The van der Waals surface area contributed by atoms with Gasteiger partial charge < -0.3 is 14.1 Å². The van der Waals surface area contributed by atoms with Crippen molar-refractivity contribution in [1.29, 1.82) is 0 Å². The standard InChI is InChI=1S/C15H18N4O2/c1-9(2)15-18-17-13(21-15)8-19-12-7-5-4-6-11(12)16-14(19)10(3)20/h4-7,9-10,20H,8H2,1-3H3/t10-/m1/s1. The Morgan fingerprint density at radius 1 is 1.19 bits per heavy atom. The molecule has 21 heavy (non-hydrogen) atoms. The summed E-state index contributed by atoms with van der Waals surface area (Å²) in [6, 6.07) is 7.76. The first kappa shape index (κ1) is 13.8. The van der Waals surface area contributed by atoms with Crippen molar-refractivity contribution >= 4 is 11.0 Å². The Balaban J connectivity index is 2.03. The van der Waals surface area contributed by atoms with Crippen LogP contribution in [-0.4, -0.2) is 24.9 Å². The zero-order valence-corrected chi connectivity index (χ0v) is 12.3. The molecule has 1 aromatic carbocycles. The van der Waals surface area contributed by atoms with E-state index in [1.165, 1.54) is 0 Å². The third-order valence-corrected chi connectivity index (χ3v) is 3.33. The average Bonchev–Trinajstić information content (AvgIpc) is 3.05. The number of imidazole rings is 1. The molecule has 110 valence electrons. The van der Waals surface area contributed by atoms with Crippen LogP contribution in [0.2, 0.25) is 0 Å². The number of aromatic nitrogens is 4. The number of aliphatic hydroxyl groups excluding tert-OH is 1. The van der Waals surface area contributed by atoms with Gasteiger partial charge in [0.1, 0.15) is 18.5 Å². The van der Waals surface area contributed by atoms with Crippen LogP contribution >= 0.6 is 0 Å². The number of rotatable bonds is 4. The molecule has 1 atom stereocenters. The Morgan fingerprint density at radius 2 is 1.95 bits per heavy atom. The summed E-state index contributed by atoms with van der Waals surface area (Å²) in [4.78, 5) is 4.47. The van der Waals surface area contributed by atoms with Gasteiger partial charge in [-0.05, 0) is 19.1 Å². The second kappa shape index (κ2) is 5.29. The van der Waals surface area contributed by atoms with Crippen LogP contribution in [-0.2, 0) is 6.54 Å². The van der Waals surface area contributed by atoms with Crippen molar-refractivity contribution in [3.63, 3.8) is 0 Å². The maximum atomic E-state index is 9.93. The van der Waals surface area contributed by atoms with Crippen LogP contribution in [0.3, 0.4) is 0 Å². The van der Waals surface area contributed by atoms with E-state index in [0.29, 0.717) is 24.2 Å². The van der Waals surface area contributed by atoms with E-state index < -0.39 is 6.10 Å². The first-order valence-corrected chi connectivity index (χ1v) is 7.01. The maximum absolute atomic E-state index is 9.93. The second-order valence-electron chi connectivity index (χ2n) is 5.41. The summed E-state index contributed by atoms with van der Waals surface area (Å²) < 4.78 is 7.56. The van der Waals surface area contributed by atoms with Crippen LogP contribution in [0.25, 0.3) is 11.0 Å². The highest BCUT2D eigenvalue weighted by Gasteiger charge is 2.17. The molecule has 3 aromatic rings. The summed E-state index contributed by atoms with van der Waals surface area (Å²) in [5, 5.41) is 18.0. The zero-order valence-electron chi connectivity index (χ0n) is 12.3. The molecular weight excluding hydrogens is 268 g/mol. The molecule has 3 rings (SSSR count). The quantitative estimate of drug-likeness (QED) is 0.797. The Hall–Kier alpha value is -2.21. The first-order chi connectivity index (χ1) is 10.1. The van der Waals surface area contributed by atoms with Gasteiger partial charge in [0, 0.05) is 5.92 Å². The molecule has 0 aliphatic heterocycles. The molecule has 0 saturated carbocycles. The number of hydrogen-bond donors (Lipinski definition) is 1. The Morgan fingerprint density at radius 3 is 2.62 bits per heavy atom. The maximum Gasteiger partial charge on any atom is 0.236 e. The SMILES string of the molecule is CC(C)c1nnc(Cn2c([C@@H](C)O)nc3ccccc32)o1. The minimum atomic E-state index is -0.662. The molecule has 2 heterocycles. The van der Waals surface area contributed by atoms with E-state index in [-0.39, 0.29) is 5.92 Å². The largest absolute Gasteiger partial charge is 0.423 e. The highest BCUT2D eigenvalue weighted by molar-refractivity contribution is 5.76. The molecule has 0 radical (unpaired) electrons. The third-order valence-electron chi connectivity index (χ3n) is 3.33. The molecule has 6 heteroatoms. The lowest BCUT2D eigenvalue weighted by Gasteiger charge is -2.08. The molecule has 0 spiro atoms. The van der Waals surface area contributed by atoms with E-state index in [9.17, 15) is 5.11 Å². The topological polar surface area (TPSA) is 77.0 Å². The van der Waals surface area contributed by atoms with Crippen molar-refractivity contribution in [3.8, 4) is 0 Å². The van der Waals surface area contributed by atoms with E-state index in [2.05, 4.69) is 15.2 Å². The van der Waals surface area contributed by atoms with Gasteiger partial charge in [-0.15, -0.1) is 10.2 Å². The van der Waals surface area contributed by atoms with Crippen molar-refractivity contribution in [2.75, 3.05) is 0 Å². The fraction of sp³-hybridized carbons (Fsp3) is 0.400. The van der Waals surface area contributed by atoms with Gasteiger partial charge >= 0.3 is 0 Å². The van der Waals surface area contributed by atoms with Crippen LogP contribution < -0.4 is 0 Å². The molecule has 0 bridgehead atoms. The van der Waals surface area contributed by atoms with Gasteiger partial charge in [-0.3, -0.25) is 0 Å². The molecule has 0 aliphatic carbocycles. The van der Waals surface area contributed by atoms with Crippen LogP contribution in [0, 0.1) is 0 Å². The number of aliphatic hydroxyl groups is 1. The van der Waals surface area contributed by atoms with Gasteiger partial charge in [-0.2, -0.15) is 0 Å². The lowest BCUT2D eigenvalue weighted by molar-refractivity contribution is 0.184. The van der Waals surface area contributed by atoms with Gasteiger partial charge in [0.2, 0.25) is 11.8 Å². The Bertz CT molecular complexity index is 758. The van der Waals surface area contributed by atoms with E-state index >= 15 is 0 Å². The van der Waals surface area contributed by atoms with E-state index in [1.807, 2.05) is 42.7 Å². The number of benzene rings is 1. The molecule has 1 N–H and O–H groups in total. The minimum Gasteiger partial charge on any atom is -0.423 e. The van der Waals surface area contributed by atoms with E-state index in [4.69, 9.17) is 4.42 Å². The fourth-order valence-electron chi connectivity index (χ4n) is 2.28. The summed E-state index contributed by atoms with van der Waals surface area (Å²) in [5.41, 5.74) is 1.79. The lowest BCUT2D eigenvalue weighted by atomic mass is 10.2. The van der Waals surface area contributed by atoms with Gasteiger partial charge in [0.25, 0.3) is 0 Å². The lowest BCUT2D eigenvalue weighted by Crippen LogP contribution is -2.08. The van der Waals surface area contributed by atoms with Gasteiger partial charge in [0.15, 0.2) is 0 Å². The van der Waals surface area contributed by atoms with E-state index in [0.717, 1.165) is 11.0 Å². The normalized spacial score (nSPS) is 13.2. The van der Waals surface area contributed by atoms with Gasteiger partial charge in [-0.1, -0.05) is 26.0 Å². The molecule has 0 unspecified atom stereocenters. The highest BCUT2D eigenvalue weighted by Crippen LogP contribution is 2.22. The second-order valence-corrected chi connectivity index (χ2v) is 5.41. The molecule has 0 aliphatic rings. The number of fused-ring (bicyclic) bond motifs is 1. The van der Waals surface area contributed by atoms with Crippen LogP contribution in [0.1, 0.15) is 50.4 Å². The van der Waals surface area contributed by atoms with Crippen LogP contribution in [0.15, 0.2) is 28.7 Å². The summed E-state index contributed by atoms with van der Waals surface area (Å²) >= 11 is 0. The summed E-state index contributed by atoms with van der Waals surface area (Å²) in [7, 11) is 0. The number of nitrogens with zero attached hydrogens (tertiary/aromatic N) is 4. The summed E-state index contributed by atoms with van der Waals surface area (Å²) in [5.74, 6) is 1.93. The van der Waals surface area contributed by atoms with Crippen molar-refractivity contribution in [2.45, 2.75) is 39.3 Å². The van der Waals surface area contributed by atoms with Gasteiger partial charge in [-0.25, -0.2) is 4.98 Å². The zero-order chi connectivity index (χ0) is 15.0. The third kappa shape index (κ3) is 2.54. The van der Waals surface area contributed by atoms with Crippen molar-refractivity contribution in [1.82, 2.24) is 19.7 Å². The monoisotopic (exact) mass is 286 g/mol. The Kier molecular flexibility index (Phi) is 3.47. The predicted octanol–water partition coefficient (Wildman–Crippen LogP) is 2.64. The smallest absolute Gasteiger partial charge is 0.236 e. The van der Waals surface area contributed by atoms with Crippen molar-refractivity contribution in [3.05, 3.63) is 41.9 Å². The summed E-state index contributed by atoms with van der Waals surface area (Å²) in [6.45, 7) is 6.11. The number of para-hydroxylation sites is 2. The average molecular weight is 286 g/mol. The minimum absolute atomic E-state index is 0.196. The predicted molar refractivity (Wildman–Crippen MR) is 77.9 cm³/mol. The molecule has 0 saturated heterocycles. The van der Waals surface area contributed by atoms with Gasteiger partial charge in [0.05, 0.1) is 11.0 Å². The summed E-state index contributed by atoms with van der Waals surface area (Å²) in [6.07, 6.45) is -0.662. The molecule has 6 nitrogen and oxygen atoms in total. The van der Waals surface area contributed by atoms with Crippen LogP contribution in [0.4, 0.5) is 0 Å². The van der Waals surface area contributed by atoms with Crippen molar-refractivity contribution < 1.29 is 9.52 Å². The van der Waals surface area contributed by atoms with Crippen LogP contribution in [0.5, 0.6) is 0 Å². The highest BCUT2D eigenvalue weighted by atomic mass is 16.4. The number of hydrogen-bond acceptors (Lipinski definition) is 5. The molecular formula is C15H18N4O2.